The maximum atomic E-state index is 8.53. The Balaban J connectivity index is 2.48. The summed E-state index contributed by atoms with van der Waals surface area (Å²) in [5.74, 6) is 1.15. The van der Waals surface area contributed by atoms with Crippen molar-refractivity contribution < 1.29 is 5.21 Å². The molecular weight excluding hydrogens is 190 g/mol. The number of rotatable bonds is 3. The van der Waals surface area contributed by atoms with Crippen molar-refractivity contribution in [1.29, 1.82) is 0 Å². The lowest BCUT2D eigenvalue weighted by Gasteiger charge is -2.40. The van der Waals surface area contributed by atoms with E-state index in [4.69, 9.17) is 10.9 Å². The van der Waals surface area contributed by atoms with E-state index in [-0.39, 0.29) is 0 Å². The summed E-state index contributed by atoms with van der Waals surface area (Å²) in [4.78, 5) is 2.46. The van der Waals surface area contributed by atoms with Crippen molar-refractivity contribution in [3.8, 4) is 0 Å². The minimum atomic E-state index is 0.327. The highest BCUT2D eigenvalue weighted by molar-refractivity contribution is 5.80. The molecule has 0 aromatic rings. The largest absolute Gasteiger partial charge is 0.409 e. The van der Waals surface area contributed by atoms with Gasteiger partial charge in [-0.1, -0.05) is 12.1 Å². The van der Waals surface area contributed by atoms with Crippen molar-refractivity contribution in [2.24, 2.45) is 16.8 Å². The summed E-state index contributed by atoms with van der Waals surface area (Å²) < 4.78 is 0. The fourth-order valence-electron chi connectivity index (χ4n) is 2.54. The van der Waals surface area contributed by atoms with Crippen LogP contribution in [-0.2, 0) is 0 Å². The predicted molar refractivity (Wildman–Crippen MR) is 62.1 cm³/mol. The first-order valence-electron chi connectivity index (χ1n) is 5.76. The van der Waals surface area contributed by atoms with Gasteiger partial charge in [-0.2, -0.15) is 0 Å². The van der Waals surface area contributed by atoms with Crippen LogP contribution in [0.25, 0.3) is 0 Å². The van der Waals surface area contributed by atoms with Gasteiger partial charge in [-0.15, -0.1) is 0 Å². The normalized spacial score (nSPS) is 31.5. The van der Waals surface area contributed by atoms with Crippen molar-refractivity contribution in [2.75, 3.05) is 6.54 Å². The standard InChI is InChI=1S/C11H23N3O/c1-8-4-5-14(9(2)6-8)10(3)7-11(12)13-15/h8-10,15H,4-7H2,1-3H3,(H2,12,13). The molecule has 1 heterocycles. The van der Waals surface area contributed by atoms with Gasteiger partial charge in [0.05, 0.1) is 0 Å². The van der Waals surface area contributed by atoms with Crippen LogP contribution in [0.1, 0.15) is 40.0 Å². The fraction of sp³-hybridized carbons (Fsp3) is 0.909. The molecule has 4 heteroatoms. The van der Waals surface area contributed by atoms with Crippen molar-refractivity contribution in [3.63, 3.8) is 0 Å². The lowest BCUT2D eigenvalue weighted by molar-refractivity contribution is 0.0920. The van der Waals surface area contributed by atoms with Gasteiger partial charge in [0.1, 0.15) is 5.84 Å². The number of hydrogen-bond donors (Lipinski definition) is 2. The van der Waals surface area contributed by atoms with Crippen molar-refractivity contribution in [1.82, 2.24) is 4.90 Å². The summed E-state index contributed by atoms with van der Waals surface area (Å²) in [5.41, 5.74) is 5.53. The monoisotopic (exact) mass is 213 g/mol. The van der Waals surface area contributed by atoms with Crippen molar-refractivity contribution >= 4 is 5.84 Å². The molecule has 0 amide bonds. The van der Waals surface area contributed by atoms with Gasteiger partial charge < -0.3 is 10.9 Å². The van der Waals surface area contributed by atoms with Gasteiger partial charge >= 0.3 is 0 Å². The number of nitrogens with two attached hydrogens (primary N) is 1. The molecule has 1 aliphatic heterocycles. The van der Waals surface area contributed by atoms with Crippen LogP contribution >= 0.6 is 0 Å². The van der Waals surface area contributed by atoms with Crippen LogP contribution in [-0.4, -0.2) is 34.6 Å². The minimum absolute atomic E-state index is 0.327. The number of hydrogen-bond acceptors (Lipinski definition) is 3. The zero-order chi connectivity index (χ0) is 11.4. The number of nitrogens with zero attached hydrogens (tertiary/aromatic N) is 2. The van der Waals surface area contributed by atoms with Crippen molar-refractivity contribution in [3.05, 3.63) is 0 Å². The molecular formula is C11H23N3O. The van der Waals surface area contributed by atoms with Crippen LogP contribution in [0, 0.1) is 5.92 Å². The molecule has 3 atom stereocenters. The van der Waals surface area contributed by atoms with Crippen molar-refractivity contribution in [2.45, 2.75) is 52.1 Å². The zero-order valence-corrected chi connectivity index (χ0v) is 9.98. The Morgan fingerprint density at radius 3 is 2.80 bits per heavy atom. The van der Waals surface area contributed by atoms with E-state index in [0.29, 0.717) is 24.3 Å². The second-order valence-electron chi connectivity index (χ2n) is 4.86. The molecule has 15 heavy (non-hydrogen) atoms. The summed E-state index contributed by atoms with van der Waals surface area (Å²) in [6, 6.07) is 0.971. The molecule has 1 fully saturated rings. The molecule has 0 aromatic carbocycles. The molecule has 1 saturated heterocycles. The third-order valence-electron chi connectivity index (χ3n) is 3.39. The Morgan fingerprint density at radius 2 is 2.27 bits per heavy atom. The first-order chi connectivity index (χ1) is 7.04. The SMILES string of the molecule is CC1CCN(C(C)CC(N)=NO)C(C)C1. The Kier molecular flexibility index (Phi) is 4.39. The third-order valence-corrected chi connectivity index (χ3v) is 3.39. The number of piperidine rings is 1. The second-order valence-corrected chi connectivity index (χ2v) is 4.86. The summed E-state index contributed by atoms with van der Waals surface area (Å²) in [6.07, 6.45) is 3.15. The molecule has 88 valence electrons. The lowest BCUT2D eigenvalue weighted by Crippen LogP contribution is -2.46. The highest BCUT2D eigenvalue weighted by atomic mass is 16.4. The van der Waals surface area contributed by atoms with E-state index >= 15 is 0 Å². The Hall–Kier alpha value is -0.770. The molecule has 0 aliphatic carbocycles. The van der Waals surface area contributed by atoms with E-state index < -0.39 is 0 Å². The van der Waals surface area contributed by atoms with Crippen LogP contribution in [0.15, 0.2) is 5.16 Å². The van der Waals surface area contributed by atoms with Gasteiger partial charge in [0, 0.05) is 18.5 Å². The van der Waals surface area contributed by atoms with Crippen LogP contribution in [0.5, 0.6) is 0 Å². The Labute approximate surface area is 92.1 Å². The molecule has 0 radical (unpaired) electrons. The molecule has 0 saturated carbocycles. The highest BCUT2D eigenvalue weighted by Crippen LogP contribution is 2.24. The number of likely N-dealkylation sites (tertiary alicyclic amines) is 1. The predicted octanol–water partition coefficient (Wildman–Crippen LogP) is 1.63. The number of oxime groups is 1. The Bertz CT molecular complexity index is 230. The van der Waals surface area contributed by atoms with E-state index in [1.54, 1.807) is 0 Å². The van der Waals surface area contributed by atoms with E-state index in [2.05, 4.69) is 30.8 Å². The van der Waals surface area contributed by atoms with E-state index in [0.717, 1.165) is 12.5 Å². The maximum absolute atomic E-state index is 8.53. The quantitative estimate of drug-likeness (QED) is 0.324. The average molecular weight is 213 g/mol. The molecule has 3 N–H and O–H groups in total. The van der Waals surface area contributed by atoms with E-state index in [9.17, 15) is 0 Å². The summed E-state index contributed by atoms with van der Waals surface area (Å²) in [6.45, 7) is 7.84. The molecule has 1 aliphatic rings. The van der Waals surface area contributed by atoms with Gasteiger partial charge in [0.2, 0.25) is 0 Å². The zero-order valence-electron chi connectivity index (χ0n) is 9.98. The molecule has 3 unspecified atom stereocenters. The first kappa shape index (κ1) is 12.3. The minimum Gasteiger partial charge on any atom is -0.409 e. The molecule has 4 nitrogen and oxygen atoms in total. The van der Waals surface area contributed by atoms with Gasteiger partial charge in [0.15, 0.2) is 0 Å². The van der Waals surface area contributed by atoms with Crippen LogP contribution in [0.2, 0.25) is 0 Å². The molecule has 0 aromatic heterocycles. The van der Waals surface area contributed by atoms with Gasteiger partial charge in [-0.25, -0.2) is 0 Å². The molecule has 1 rings (SSSR count). The average Bonchev–Trinajstić information content (AvgIpc) is 2.17. The maximum Gasteiger partial charge on any atom is 0.140 e. The molecule has 0 bridgehead atoms. The highest BCUT2D eigenvalue weighted by Gasteiger charge is 2.26. The van der Waals surface area contributed by atoms with Crippen LogP contribution in [0.4, 0.5) is 0 Å². The topological polar surface area (TPSA) is 61.8 Å². The summed E-state index contributed by atoms with van der Waals surface area (Å²) in [5, 5.41) is 11.6. The molecule has 0 spiro atoms. The Morgan fingerprint density at radius 1 is 1.60 bits per heavy atom. The van der Waals surface area contributed by atoms with Gasteiger partial charge in [0.25, 0.3) is 0 Å². The van der Waals surface area contributed by atoms with Crippen LogP contribution < -0.4 is 5.73 Å². The van der Waals surface area contributed by atoms with E-state index in [1.165, 1.54) is 12.8 Å². The summed E-state index contributed by atoms with van der Waals surface area (Å²) >= 11 is 0. The first-order valence-corrected chi connectivity index (χ1v) is 5.76. The lowest BCUT2D eigenvalue weighted by atomic mass is 9.92. The third kappa shape index (κ3) is 3.38. The number of amidine groups is 1. The van der Waals surface area contributed by atoms with Gasteiger partial charge in [-0.05, 0) is 39.2 Å². The van der Waals surface area contributed by atoms with E-state index in [1.807, 2.05) is 0 Å². The summed E-state index contributed by atoms with van der Waals surface area (Å²) in [7, 11) is 0. The van der Waals surface area contributed by atoms with Gasteiger partial charge in [-0.3, -0.25) is 4.90 Å². The fourth-order valence-corrected chi connectivity index (χ4v) is 2.54. The smallest absolute Gasteiger partial charge is 0.140 e. The second kappa shape index (κ2) is 5.35. The van der Waals surface area contributed by atoms with Crippen LogP contribution in [0.3, 0.4) is 0 Å².